The fourth-order valence-electron chi connectivity index (χ4n) is 1.66. The number of amides is 1. The van der Waals surface area contributed by atoms with E-state index in [2.05, 4.69) is 20.8 Å². The maximum atomic E-state index is 12.0. The molecule has 0 spiro atoms. The first kappa shape index (κ1) is 17.5. The summed E-state index contributed by atoms with van der Waals surface area (Å²) in [5.41, 5.74) is 0.653. The van der Waals surface area contributed by atoms with Crippen LogP contribution < -0.4 is 15.4 Å². The molecule has 2 rings (SSSR count). The van der Waals surface area contributed by atoms with Gasteiger partial charge in [0.15, 0.2) is 4.34 Å². The van der Waals surface area contributed by atoms with Crippen molar-refractivity contribution in [2.24, 2.45) is 0 Å². The highest BCUT2D eigenvalue weighted by atomic mass is 32.2. The Labute approximate surface area is 142 Å². The van der Waals surface area contributed by atoms with Gasteiger partial charge in [-0.15, -0.1) is 10.2 Å². The van der Waals surface area contributed by atoms with Crippen molar-refractivity contribution in [1.82, 2.24) is 10.2 Å². The molecule has 0 radical (unpaired) electrons. The monoisotopic (exact) mass is 354 g/mol. The van der Waals surface area contributed by atoms with Crippen molar-refractivity contribution in [1.29, 1.82) is 0 Å². The lowest BCUT2D eigenvalue weighted by Gasteiger charge is -2.08. The van der Waals surface area contributed by atoms with Crippen LogP contribution in [-0.4, -0.2) is 49.2 Å². The van der Waals surface area contributed by atoms with Crippen LogP contribution in [0.2, 0.25) is 0 Å². The molecule has 0 saturated heterocycles. The quantitative estimate of drug-likeness (QED) is 0.528. The highest BCUT2D eigenvalue weighted by molar-refractivity contribution is 8.01. The summed E-state index contributed by atoms with van der Waals surface area (Å²) in [6.45, 7) is 1.27. The number of aromatic nitrogens is 2. The molecular weight excluding hydrogens is 336 g/mol. The molecule has 23 heavy (non-hydrogen) atoms. The van der Waals surface area contributed by atoms with E-state index in [1.165, 1.54) is 23.1 Å². The van der Waals surface area contributed by atoms with E-state index >= 15 is 0 Å². The second kappa shape index (κ2) is 9.33. The lowest BCUT2D eigenvalue weighted by atomic mass is 10.3. The molecule has 2 aromatic rings. The van der Waals surface area contributed by atoms with Crippen molar-refractivity contribution in [3.05, 3.63) is 24.3 Å². The van der Waals surface area contributed by atoms with Crippen LogP contribution in [0, 0.1) is 0 Å². The Morgan fingerprint density at radius 2 is 2.13 bits per heavy atom. The van der Waals surface area contributed by atoms with Gasteiger partial charge in [0.05, 0.1) is 25.2 Å². The molecule has 0 aliphatic heterocycles. The molecule has 1 aromatic carbocycles. The average Bonchev–Trinajstić information content (AvgIpc) is 3.02. The maximum Gasteiger partial charge on any atom is 0.234 e. The summed E-state index contributed by atoms with van der Waals surface area (Å²) in [5, 5.41) is 14.7. The van der Waals surface area contributed by atoms with Crippen LogP contribution in [0.5, 0.6) is 5.75 Å². The van der Waals surface area contributed by atoms with Gasteiger partial charge in [-0.25, -0.2) is 0 Å². The van der Waals surface area contributed by atoms with E-state index in [4.69, 9.17) is 9.47 Å². The van der Waals surface area contributed by atoms with Crippen LogP contribution in [0.1, 0.15) is 0 Å². The summed E-state index contributed by atoms with van der Waals surface area (Å²) in [6, 6.07) is 7.28. The first-order valence-corrected chi connectivity index (χ1v) is 8.65. The van der Waals surface area contributed by atoms with Crippen LogP contribution in [0.15, 0.2) is 28.6 Å². The van der Waals surface area contributed by atoms with Crippen molar-refractivity contribution in [3.63, 3.8) is 0 Å². The molecule has 1 heterocycles. The van der Waals surface area contributed by atoms with Gasteiger partial charge in [-0.2, -0.15) is 0 Å². The number of methoxy groups -OCH3 is 2. The normalized spacial score (nSPS) is 10.3. The average molecular weight is 354 g/mol. The zero-order valence-corrected chi connectivity index (χ0v) is 14.5. The minimum atomic E-state index is -0.122. The molecule has 0 atom stereocenters. The van der Waals surface area contributed by atoms with Crippen LogP contribution >= 0.6 is 23.1 Å². The number of hydrogen-bond donors (Lipinski definition) is 2. The summed E-state index contributed by atoms with van der Waals surface area (Å²) in [4.78, 5) is 12.0. The number of thioether (sulfide) groups is 1. The molecule has 9 heteroatoms. The predicted molar refractivity (Wildman–Crippen MR) is 92.6 cm³/mol. The van der Waals surface area contributed by atoms with Crippen molar-refractivity contribution >= 4 is 39.8 Å². The summed E-state index contributed by atoms with van der Waals surface area (Å²) in [5.74, 6) is 0.764. The predicted octanol–water partition coefficient (Wildman–Crippen LogP) is 2.34. The fraction of sp³-hybridized carbons (Fsp3) is 0.357. The number of ether oxygens (including phenoxy) is 2. The van der Waals surface area contributed by atoms with E-state index in [-0.39, 0.29) is 11.7 Å². The number of hydrogen-bond acceptors (Lipinski definition) is 8. The zero-order valence-electron chi connectivity index (χ0n) is 12.9. The molecular formula is C14H18N4O3S2. The van der Waals surface area contributed by atoms with Gasteiger partial charge in [-0.3, -0.25) is 4.79 Å². The number of anilines is 2. The summed E-state index contributed by atoms with van der Waals surface area (Å²) >= 11 is 2.75. The van der Waals surface area contributed by atoms with Gasteiger partial charge in [-0.05, 0) is 12.1 Å². The van der Waals surface area contributed by atoms with Gasteiger partial charge >= 0.3 is 0 Å². The number of nitrogens with zero attached hydrogens (tertiary/aromatic N) is 2. The van der Waals surface area contributed by atoms with Crippen molar-refractivity contribution < 1.29 is 14.3 Å². The Bertz CT molecular complexity index is 636. The van der Waals surface area contributed by atoms with E-state index in [1.807, 2.05) is 12.1 Å². The smallest absolute Gasteiger partial charge is 0.234 e. The first-order chi connectivity index (χ1) is 11.2. The first-order valence-electron chi connectivity index (χ1n) is 6.85. The van der Waals surface area contributed by atoms with E-state index in [9.17, 15) is 4.79 Å². The molecule has 1 aromatic heterocycles. The van der Waals surface area contributed by atoms with E-state index in [0.29, 0.717) is 24.6 Å². The number of para-hydroxylation sites is 2. The minimum absolute atomic E-state index is 0.122. The zero-order chi connectivity index (χ0) is 16.5. The molecule has 0 aliphatic carbocycles. The largest absolute Gasteiger partial charge is 0.495 e. The molecule has 0 bridgehead atoms. The highest BCUT2D eigenvalue weighted by Crippen LogP contribution is 2.26. The second-order valence-electron chi connectivity index (χ2n) is 4.33. The number of rotatable bonds is 9. The Balaban J connectivity index is 1.80. The Kier molecular flexibility index (Phi) is 7.11. The van der Waals surface area contributed by atoms with Gasteiger partial charge < -0.3 is 20.1 Å². The van der Waals surface area contributed by atoms with Crippen molar-refractivity contribution in [3.8, 4) is 5.75 Å². The third kappa shape index (κ3) is 5.70. The van der Waals surface area contributed by atoms with Crippen molar-refractivity contribution in [2.75, 3.05) is 43.8 Å². The van der Waals surface area contributed by atoms with Crippen LogP contribution in [-0.2, 0) is 9.53 Å². The fourth-order valence-corrected chi connectivity index (χ4v) is 3.24. The summed E-state index contributed by atoms with van der Waals surface area (Å²) < 4.78 is 10.9. The third-order valence-electron chi connectivity index (χ3n) is 2.70. The van der Waals surface area contributed by atoms with E-state index in [1.54, 1.807) is 26.4 Å². The molecule has 1 amide bonds. The second-order valence-corrected chi connectivity index (χ2v) is 6.53. The lowest BCUT2D eigenvalue weighted by molar-refractivity contribution is -0.113. The van der Waals surface area contributed by atoms with E-state index in [0.717, 1.165) is 9.47 Å². The number of benzene rings is 1. The Hall–Kier alpha value is -1.84. The minimum Gasteiger partial charge on any atom is -0.495 e. The summed E-state index contributed by atoms with van der Waals surface area (Å²) in [7, 11) is 3.21. The number of nitrogens with one attached hydrogen (secondary N) is 2. The van der Waals surface area contributed by atoms with Crippen LogP contribution in [0.3, 0.4) is 0 Å². The standard InChI is InChI=1S/C14H18N4O3S2/c1-20-8-7-15-13-17-18-14(23-13)22-9-12(19)16-10-5-3-4-6-11(10)21-2/h3-6H,7-9H2,1-2H3,(H,15,17)(H,16,19). The lowest BCUT2D eigenvalue weighted by Crippen LogP contribution is -2.14. The maximum absolute atomic E-state index is 12.0. The Morgan fingerprint density at radius 1 is 1.30 bits per heavy atom. The van der Waals surface area contributed by atoms with Gasteiger partial charge in [0.1, 0.15) is 5.75 Å². The molecule has 7 nitrogen and oxygen atoms in total. The van der Waals surface area contributed by atoms with Gasteiger partial charge in [-0.1, -0.05) is 35.2 Å². The molecule has 0 unspecified atom stereocenters. The molecule has 2 N–H and O–H groups in total. The van der Waals surface area contributed by atoms with Gasteiger partial charge in [0, 0.05) is 13.7 Å². The summed E-state index contributed by atoms with van der Waals surface area (Å²) in [6.07, 6.45) is 0. The molecule has 0 fully saturated rings. The van der Waals surface area contributed by atoms with Crippen LogP contribution in [0.25, 0.3) is 0 Å². The number of carbonyl (C=O) groups excluding carboxylic acids is 1. The van der Waals surface area contributed by atoms with Crippen molar-refractivity contribution in [2.45, 2.75) is 4.34 Å². The van der Waals surface area contributed by atoms with Crippen LogP contribution in [0.4, 0.5) is 10.8 Å². The molecule has 124 valence electrons. The Morgan fingerprint density at radius 3 is 2.91 bits per heavy atom. The molecule has 0 saturated carbocycles. The van der Waals surface area contributed by atoms with E-state index < -0.39 is 0 Å². The highest BCUT2D eigenvalue weighted by Gasteiger charge is 2.10. The third-order valence-corrected chi connectivity index (χ3v) is 4.71. The topological polar surface area (TPSA) is 85.4 Å². The van der Waals surface area contributed by atoms with Gasteiger partial charge in [0.2, 0.25) is 11.0 Å². The van der Waals surface area contributed by atoms with Gasteiger partial charge in [0.25, 0.3) is 0 Å². The molecule has 0 aliphatic rings. The number of carbonyl (C=O) groups is 1. The SMILES string of the molecule is COCCNc1nnc(SCC(=O)Nc2ccccc2OC)s1.